The molecule has 0 saturated carbocycles. The average molecular weight is 398 g/mol. The normalized spacial score (nSPS) is 24.9. The second-order valence-corrected chi connectivity index (χ2v) is 10.0. The molecular weight excluding hydrogens is 382 g/mol. The molecule has 0 spiro atoms. The number of halogens is 1. The van der Waals surface area contributed by atoms with Crippen molar-refractivity contribution in [2.45, 2.75) is 23.8 Å². The van der Waals surface area contributed by atoms with Gasteiger partial charge in [-0.2, -0.15) is 0 Å². The molecule has 1 aliphatic heterocycles. The van der Waals surface area contributed by atoms with Gasteiger partial charge in [0.1, 0.15) is 10.7 Å². The van der Waals surface area contributed by atoms with Crippen LogP contribution in [0.1, 0.15) is 13.3 Å². The molecule has 1 aliphatic rings. The van der Waals surface area contributed by atoms with Gasteiger partial charge >= 0.3 is 0 Å². The van der Waals surface area contributed by atoms with E-state index >= 15 is 0 Å². The van der Waals surface area contributed by atoms with E-state index in [1.54, 1.807) is 14.0 Å². The molecule has 0 bridgehead atoms. The van der Waals surface area contributed by atoms with Crippen LogP contribution in [0.3, 0.4) is 0 Å². The Morgan fingerprint density at radius 2 is 2.10 bits per heavy atom. The molecule has 1 saturated heterocycles. The van der Waals surface area contributed by atoms with E-state index in [2.05, 4.69) is 31.0 Å². The fraction of sp³-hybridized carbons (Fsp3) is 0.545. The standard InChI is InChI=1S/C11H16BrN3O4S2/c1-11(3-4-20(16,17)7-11)15-21(18,19)9-5-8(12)6-14-10(9)13-2/h5-6,15H,3-4,7H2,1-2H3,(H,13,14). The summed E-state index contributed by atoms with van der Waals surface area (Å²) in [6.07, 6.45) is 1.73. The van der Waals surface area contributed by atoms with Gasteiger partial charge < -0.3 is 5.32 Å². The van der Waals surface area contributed by atoms with Crippen molar-refractivity contribution in [1.29, 1.82) is 0 Å². The van der Waals surface area contributed by atoms with Crippen LogP contribution in [-0.2, 0) is 19.9 Å². The van der Waals surface area contributed by atoms with Crippen LogP contribution >= 0.6 is 15.9 Å². The second-order valence-electron chi connectivity index (χ2n) is 5.26. The maximum Gasteiger partial charge on any atom is 0.244 e. The fourth-order valence-electron chi connectivity index (χ4n) is 2.28. The number of anilines is 1. The van der Waals surface area contributed by atoms with Crippen molar-refractivity contribution >= 4 is 41.6 Å². The summed E-state index contributed by atoms with van der Waals surface area (Å²) in [6, 6.07) is 1.42. The third-order valence-corrected chi connectivity index (χ3v) is 7.22. The minimum atomic E-state index is -3.89. The zero-order chi connectivity index (χ0) is 15.9. The van der Waals surface area contributed by atoms with Crippen LogP contribution in [0.2, 0.25) is 0 Å². The molecule has 1 aromatic heterocycles. The Kier molecular flexibility index (Phi) is 4.35. The Bertz CT molecular complexity index is 764. The Balaban J connectivity index is 2.38. The number of pyridine rings is 1. The van der Waals surface area contributed by atoms with Crippen LogP contribution in [0.15, 0.2) is 21.6 Å². The Morgan fingerprint density at radius 1 is 1.43 bits per heavy atom. The molecular formula is C11H16BrN3O4S2. The van der Waals surface area contributed by atoms with E-state index in [1.165, 1.54) is 12.3 Å². The summed E-state index contributed by atoms with van der Waals surface area (Å²) >= 11 is 3.18. The molecule has 0 amide bonds. The smallest absolute Gasteiger partial charge is 0.244 e. The summed E-state index contributed by atoms with van der Waals surface area (Å²) in [7, 11) is -5.52. The number of aromatic nitrogens is 1. The zero-order valence-corrected chi connectivity index (χ0v) is 14.8. The number of nitrogens with one attached hydrogen (secondary N) is 2. The van der Waals surface area contributed by atoms with E-state index < -0.39 is 25.4 Å². The van der Waals surface area contributed by atoms with Gasteiger partial charge in [-0.3, -0.25) is 0 Å². The predicted octanol–water partition coefficient (Wildman–Crippen LogP) is 0.741. The van der Waals surface area contributed by atoms with E-state index in [4.69, 9.17) is 0 Å². The van der Waals surface area contributed by atoms with E-state index in [1.807, 2.05) is 0 Å². The summed E-state index contributed by atoms with van der Waals surface area (Å²) in [6.45, 7) is 1.60. The Hall–Kier alpha value is -0.710. The number of sulfonamides is 1. The Morgan fingerprint density at radius 3 is 2.62 bits per heavy atom. The molecule has 1 unspecified atom stereocenters. The molecule has 1 atom stereocenters. The minimum absolute atomic E-state index is 0.0123. The molecule has 2 rings (SSSR count). The average Bonchev–Trinajstić information content (AvgIpc) is 2.62. The van der Waals surface area contributed by atoms with E-state index in [0.29, 0.717) is 4.47 Å². The third-order valence-electron chi connectivity index (χ3n) is 3.23. The minimum Gasteiger partial charge on any atom is -0.372 e. The van der Waals surface area contributed by atoms with Crippen LogP contribution < -0.4 is 10.0 Å². The van der Waals surface area contributed by atoms with Gasteiger partial charge in [-0.05, 0) is 35.3 Å². The van der Waals surface area contributed by atoms with Crippen molar-refractivity contribution in [3.05, 3.63) is 16.7 Å². The maximum atomic E-state index is 12.5. The highest BCUT2D eigenvalue weighted by atomic mass is 79.9. The first-order chi connectivity index (χ1) is 9.57. The van der Waals surface area contributed by atoms with Crippen molar-refractivity contribution < 1.29 is 16.8 Å². The topological polar surface area (TPSA) is 105 Å². The molecule has 0 aliphatic carbocycles. The molecule has 21 heavy (non-hydrogen) atoms. The van der Waals surface area contributed by atoms with Crippen molar-refractivity contribution in [3.8, 4) is 0 Å². The molecule has 1 aromatic rings. The van der Waals surface area contributed by atoms with Crippen LogP contribution in [0.25, 0.3) is 0 Å². The highest BCUT2D eigenvalue weighted by Crippen LogP contribution is 2.28. The Labute approximate surface area is 132 Å². The van der Waals surface area contributed by atoms with Gasteiger partial charge in [0.25, 0.3) is 0 Å². The van der Waals surface area contributed by atoms with Gasteiger partial charge in [-0.25, -0.2) is 26.5 Å². The monoisotopic (exact) mass is 397 g/mol. The number of sulfone groups is 1. The lowest BCUT2D eigenvalue weighted by molar-refractivity contribution is 0.462. The van der Waals surface area contributed by atoms with Gasteiger partial charge in [-0.15, -0.1) is 0 Å². The van der Waals surface area contributed by atoms with Crippen molar-refractivity contribution in [3.63, 3.8) is 0 Å². The largest absolute Gasteiger partial charge is 0.372 e. The summed E-state index contributed by atoms with van der Waals surface area (Å²) in [5, 5.41) is 2.71. The first kappa shape index (κ1) is 16.7. The summed E-state index contributed by atoms with van der Waals surface area (Å²) in [4.78, 5) is 3.97. The number of hydrogen-bond acceptors (Lipinski definition) is 6. The maximum absolute atomic E-state index is 12.5. The quantitative estimate of drug-likeness (QED) is 0.775. The first-order valence-electron chi connectivity index (χ1n) is 6.15. The number of hydrogen-bond donors (Lipinski definition) is 2. The lowest BCUT2D eigenvalue weighted by Crippen LogP contribution is -2.46. The molecule has 7 nitrogen and oxygen atoms in total. The van der Waals surface area contributed by atoms with E-state index in [0.717, 1.165) is 0 Å². The fourth-order valence-corrected chi connectivity index (χ4v) is 6.58. The SMILES string of the molecule is CNc1ncc(Br)cc1S(=O)(=O)NC1(C)CCS(=O)(=O)C1. The molecule has 0 aromatic carbocycles. The van der Waals surface area contributed by atoms with Crippen LogP contribution in [0.4, 0.5) is 5.82 Å². The summed E-state index contributed by atoms with van der Waals surface area (Å²) in [5.41, 5.74) is -0.995. The van der Waals surface area contributed by atoms with Crippen molar-refractivity contribution in [1.82, 2.24) is 9.71 Å². The zero-order valence-electron chi connectivity index (χ0n) is 11.6. The number of rotatable bonds is 4. The molecule has 2 N–H and O–H groups in total. The van der Waals surface area contributed by atoms with Crippen LogP contribution in [0, 0.1) is 0 Å². The first-order valence-corrected chi connectivity index (χ1v) is 10.2. The number of nitrogens with zero attached hydrogens (tertiary/aromatic N) is 1. The van der Waals surface area contributed by atoms with Gasteiger partial charge in [0.15, 0.2) is 9.84 Å². The van der Waals surface area contributed by atoms with E-state index in [-0.39, 0.29) is 28.6 Å². The molecule has 118 valence electrons. The van der Waals surface area contributed by atoms with Gasteiger partial charge in [0.05, 0.1) is 11.5 Å². The van der Waals surface area contributed by atoms with Crippen molar-refractivity contribution in [2.75, 3.05) is 23.9 Å². The van der Waals surface area contributed by atoms with E-state index in [9.17, 15) is 16.8 Å². The lowest BCUT2D eigenvalue weighted by Gasteiger charge is -2.24. The lowest BCUT2D eigenvalue weighted by atomic mass is 10.0. The van der Waals surface area contributed by atoms with Gasteiger partial charge in [-0.1, -0.05) is 0 Å². The third kappa shape index (κ3) is 3.74. The summed E-state index contributed by atoms with van der Waals surface area (Å²) < 4.78 is 51.2. The van der Waals surface area contributed by atoms with Gasteiger partial charge in [0, 0.05) is 23.3 Å². The molecule has 0 radical (unpaired) electrons. The highest BCUT2D eigenvalue weighted by Gasteiger charge is 2.41. The van der Waals surface area contributed by atoms with Crippen LogP contribution in [-0.4, -0.2) is 45.9 Å². The molecule has 10 heteroatoms. The van der Waals surface area contributed by atoms with Crippen LogP contribution in [0.5, 0.6) is 0 Å². The molecule has 2 heterocycles. The highest BCUT2D eigenvalue weighted by molar-refractivity contribution is 9.10. The van der Waals surface area contributed by atoms with Crippen molar-refractivity contribution in [2.24, 2.45) is 0 Å². The molecule has 1 fully saturated rings. The second kappa shape index (κ2) is 5.49. The predicted molar refractivity (Wildman–Crippen MR) is 83.5 cm³/mol. The summed E-state index contributed by atoms with van der Waals surface area (Å²) in [5.74, 6) is -0.00728. The van der Waals surface area contributed by atoms with Gasteiger partial charge in [0.2, 0.25) is 10.0 Å².